The summed E-state index contributed by atoms with van der Waals surface area (Å²) in [5.41, 5.74) is 3.50. The lowest BCUT2D eigenvalue weighted by molar-refractivity contribution is -0.120. The maximum Gasteiger partial charge on any atom is 0.259 e. The van der Waals surface area contributed by atoms with Gasteiger partial charge in [0.05, 0.1) is 26.5 Å². The van der Waals surface area contributed by atoms with Crippen LogP contribution in [0.15, 0.2) is 52.0 Å². The van der Waals surface area contributed by atoms with E-state index in [-0.39, 0.29) is 12.5 Å². The van der Waals surface area contributed by atoms with E-state index in [0.717, 1.165) is 4.47 Å². The number of hydrazone groups is 1. The zero-order chi connectivity index (χ0) is 19.6. The second-order valence-corrected chi connectivity index (χ2v) is 6.24. The Morgan fingerprint density at radius 3 is 2.59 bits per heavy atom. The summed E-state index contributed by atoms with van der Waals surface area (Å²) >= 11 is 3.36. The topological polar surface area (TPSA) is 89.0 Å². The van der Waals surface area contributed by atoms with Crippen molar-refractivity contribution in [3.8, 4) is 11.5 Å². The molecule has 27 heavy (non-hydrogen) atoms. The Bertz CT molecular complexity index is 822. The van der Waals surface area contributed by atoms with Crippen LogP contribution in [0.2, 0.25) is 0 Å². The largest absolute Gasteiger partial charge is 0.496 e. The molecule has 0 fully saturated rings. The van der Waals surface area contributed by atoms with Gasteiger partial charge in [0.25, 0.3) is 11.8 Å². The number of nitrogens with zero attached hydrogens (tertiary/aromatic N) is 1. The molecule has 142 valence electrons. The Hall–Kier alpha value is -2.87. The van der Waals surface area contributed by atoms with Crippen molar-refractivity contribution in [2.75, 3.05) is 20.3 Å². The minimum atomic E-state index is -0.445. The fourth-order valence-electron chi connectivity index (χ4n) is 2.15. The lowest BCUT2D eigenvalue weighted by Gasteiger charge is -2.06. The molecule has 2 aromatic rings. The van der Waals surface area contributed by atoms with Crippen LogP contribution in [-0.4, -0.2) is 38.3 Å². The number of rotatable bonds is 8. The lowest BCUT2D eigenvalue weighted by atomic mass is 10.2. The summed E-state index contributed by atoms with van der Waals surface area (Å²) in [6, 6.07) is 12.1. The van der Waals surface area contributed by atoms with E-state index >= 15 is 0 Å². The number of hydrogen-bond acceptors (Lipinski definition) is 5. The van der Waals surface area contributed by atoms with Crippen LogP contribution in [0.4, 0.5) is 0 Å². The number of ether oxygens (including phenoxy) is 2. The van der Waals surface area contributed by atoms with E-state index in [9.17, 15) is 9.59 Å². The smallest absolute Gasteiger partial charge is 0.259 e. The summed E-state index contributed by atoms with van der Waals surface area (Å²) in [7, 11) is 1.55. The van der Waals surface area contributed by atoms with Crippen LogP contribution >= 0.6 is 15.9 Å². The number of hydrogen-bond donors (Lipinski definition) is 2. The maximum atomic E-state index is 12.0. The lowest BCUT2D eigenvalue weighted by Crippen LogP contribution is -2.34. The minimum Gasteiger partial charge on any atom is -0.496 e. The second-order valence-electron chi connectivity index (χ2n) is 5.32. The van der Waals surface area contributed by atoms with Crippen LogP contribution in [0.25, 0.3) is 0 Å². The summed E-state index contributed by atoms with van der Waals surface area (Å²) in [5.74, 6) is 0.509. The first kappa shape index (κ1) is 20.4. The molecule has 0 heterocycles. The van der Waals surface area contributed by atoms with Crippen molar-refractivity contribution in [2.24, 2.45) is 5.10 Å². The summed E-state index contributed by atoms with van der Waals surface area (Å²) in [5, 5.41) is 6.41. The molecular weight excluding hydrogens is 414 g/mol. The van der Waals surface area contributed by atoms with E-state index in [4.69, 9.17) is 9.47 Å². The first-order valence-corrected chi connectivity index (χ1v) is 8.99. The van der Waals surface area contributed by atoms with Crippen molar-refractivity contribution in [1.82, 2.24) is 10.7 Å². The molecule has 0 unspecified atom stereocenters. The van der Waals surface area contributed by atoms with Crippen molar-refractivity contribution >= 4 is 34.0 Å². The van der Waals surface area contributed by atoms with Gasteiger partial charge in [-0.2, -0.15) is 5.10 Å². The van der Waals surface area contributed by atoms with E-state index in [1.165, 1.54) is 6.21 Å². The Morgan fingerprint density at radius 1 is 1.19 bits per heavy atom. The molecule has 8 heteroatoms. The molecule has 0 saturated heterocycles. The molecule has 2 aromatic carbocycles. The molecule has 2 N–H and O–H groups in total. The Kier molecular flexibility index (Phi) is 7.81. The van der Waals surface area contributed by atoms with Gasteiger partial charge in [0.2, 0.25) is 0 Å². The number of methoxy groups -OCH3 is 1. The minimum absolute atomic E-state index is 0.195. The van der Waals surface area contributed by atoms with Gasteiger partial charge in [-0.05, 0) is 49.4 Å². The van der Waals surface area contributed by atoms with Crippen LogP contribution in [0.5, 0.6) is 11.5 Å². The van der Waals surface area contributed by atoms with Gasteiger partial charge in [0.1, 0.15) is 11.5 Å². The number of carbonyl (C=O) groups is 2. The molecule has 0 bridgehead atoms. The van der Waals surface area contributed by atoms with Gasteiger partial charge in [-0.3, -0.25) is 9.59 Å². The third-order valence-electron chi connectivity index (χ3n) is 3.42. The number of halogens is 1. The van der Waals surface area contributed by atoms with E-state index in [2.05, 4.69) is 31.8 Å². The van der Waals surface area contributed by atoms with E-state index in [0.29, 0.717) is 29.2 Å². The highest BCUT2D eigenvalue weighted by Crippen LogP contribution is 2.21. The molecule has 0 aliphatic carbocycles. The highest BCUT2D eigenvalue weighted by Gasteiger charge is 2.08. The average Bonchev–Trinajstić information content (AvgIpc) is 2.67. The third-order valence-corrected chi connectivity index (χ3v) is 3.91. The van der Waals surface area contributed by atoms with E-state index in [1.807, 2.05) is 19.1 Å². The van der Waals surface area contributed by atoms with Gasteiger partial charge < -0.3 is 14.8 Å². The van der Waals surface area contributed by atoms with Crippen LogP contribution in [-0.2, 0) is 4.79 Å². The average molecular weight is 434 g/mol. The van der Waals surface area contributed by atoms with Crippen molar-refractivity contribution in [1.29, 1.82) is 0 Å². The Labute approximate surface area is 165 Å². The van der Waals surface area contributed by atoms with Gasteiger partial charge in [-0.25, -0.2) is 5.43 Å². The van der Waals surface area contributed by atoms with Crippen molar-refractivity contribution in [2.45, 2.75) is 6.92 Å². The number of benzene rings is 2. The molecule has 0 aromatic heterocycles. The van der Waals surface area contributed by atoms with Gasteiger partial charge in [-0.15, -0.1) is 0 Å². The fourth-order valence-corrected chi connectivity index (χ4v) is 2.53. The van der Waals surface area contributed by atoms with Crippen LogP contribution < -0.4 is 20.2 Å². The number of nitrogens with one attached hydrogen (secondary N) is 2. The Morgan fingerprint density at radius 2 is 1.93 bits per heavy atom. The van der Waals surface area contributed by atoms with Crippen molar-refractivity contribution < 1.29 is 19.1 Å². The molecule has 7 nitrogen and oxygen atoms in total. The quantitative estimate of drug-likeness (QED) is 0.494. The van der Waals surface area contributed by atoms with Crippen molar-refractivity contribution in [3.05, 3.63) is 58.1 Å². The Balaban J connectivity index is 1.83. The monoisotopic (exact) mass is 433 g/mol. The molecule has 2 amide bonds. The molecule has 0 aliphatic rings. The van der Waals surface area contributed by atoms with Crippen LogP contribution in [0, 0.1) is 0 Å². The molecule has 0 spiro atoms. The van der Waals surface area contributed by atoms with Gasteiger partial charge in [-0.1, -0.05) is 15.9 Å². The fraction of sp³-hybridized carbons (Fsp3) is 0.211. The highest BCUT2D eigenvalue weighted by molar-refractivity contribution is 9.10. The predicted octanol–water partition coefficient (Wildman–Crippen LogP) is 2.74. The van der Waals surface area contributed by atoms with Crippen LogP contribution in [0.1, 0.15) is 22.8 Å². The molecular formula is C19H20BrN3O4. The summed E-state index contributed by atoms with van der Waals surface area (Å²) in [4.78, 5) is 23.9. The number of amides is 2. The van der Waals surface area contributed by atoms with E-state index < -0.39 is 5.91 Å². The number of carbonyl (C=O) groups excluding carboxylic acids is 2. The first-order chi connectivity index (χ1) is 13.0. The first-order valence-electron chi connectivity index (χ1n) is 8.20. The van der Waals surface area contributed by atoms with Gasteiger partial charge >= 0.3 is 0 Å². The zero-order valence-corrected chi connectivity index (χ0v) is 16.6. The molecule has 0 atom stereocenters. The SMILES string of the molecule is CCOc1ccc(C(=O)NCC(=O)N/N=C\c2cc(Br)ccc2OC)cc1. The third kappa shape index (κ3) is 6.41. The molecule has 2 rings (SSSR count). The standard InChI is InChI=1S/C19H20BrN3O4/c1-3-27-16-7-4-13(5-8-16)19(25)21-12-18(24)23-22-11-14-10-15(20)6-9-17(14)26-2/h4-11H,3,12H2,1-2H3,(H,21,25)(H,23,24)/b22-11-. The van der Waals surface area contributed by atoms with Crippen LogP contribution in [0.3, 0.4) is 0 Å². The van der Waals surface area contributed by atoms with Gasteiger partial charge in [0.15, 0.2) is 0 Å². The predicted molar refractivity (Wildman–Crippen MR) is 106 cm³/mol. The summed E-state index contributed by atoms with van der Waals surface area (Å²) < 4.78 is 11.4. The highest BCUT2D eigenvalue weighted by atomic mass is 79.9. The zero-order valence-electron chi connectivity index (χ0n) is 15.0. The van der Waals surface area contributed by atoms with E-state index in [1.54, 1.807) is 37.4 Å². The normalized spacial score (nSPS) is 10.5. The molecule has 0 aliphatic heterocycles. The second kappa shape index (κ2) is 10.3. The summed E-state index contributed by atoms with van der Waals surface area (Å²) in [6.45, 7) is 2.24. The maximum absolute atomic E-state index is 12.0. The molecule has 0 saturated carbocycles. The van der Waals surface area contributed by atoms with Gasteiger partial charge in [0, 0.05) is 15.6 Å². The molecule has 0 radical (unpaired) electrons. The van der Waals surface area contributed by atoms with Crippen molar-refractivity contribution in [3.63, 3.8) is 0 Å². The summed E-state index contributed by atoms with van der Waals surface area (Å²) in [6.07, 6.45) is 1.47.